The minimum Gasteiger partial charge on any atom is -0.496 e. The smallest absolute Gasteiger partial charge is 0.426 e. The number of aromatic amines is 1. The van der Waals surface area contributed by atoms with E-state index in [1.54, 1.807) is 25.8 Å². The summed E-state index contributed by atoms with van der Waals surface area (Å²) in [6, 6.07) is 8.32. The molecule has 3 amide bonds. The number of hydrogen-bond acceptors (Lipinski definition) is 21. The summed E-state index contributed by atoms with van der Waals surface area (Å²) in [4.78, 5) is 92.7. The predicted octanol–water partition coefficient (Wildman–Crippen LogP) is 1.65. The number of ketones is 1. The minimum atomic E-state index is -2.65. The van der Waals surface area contributed by atoms with Crippen LogP contribution >= 0.6 is 21.6 Å². The van der Waals surface area contributed by atoms with Crippen molar-refractivity contribution in [1.29, 1.82) is 0 Å². The Hall–Kier alpha value is -5.52. The molecule has 1 aromatic heterocycles. The lowest BCUT2D eigenvalue weighted by Gasteiger charge is -2.63. The maximum Gasteiger partial charge on any atom is 0.426 e. The van der Waals surface area contributed by atoms with Crippen molar-refractivity contribution in [3.63, 3.8) is 0 Å². The molecule has 3 fully saturated rings. The summed E-state index contributed by atoms with van der Waals surface area (Å²) in [7, 11) is 6.78. The zero-order valence-corrected chi connectivity index (χ0v) is 52.0. The third kappa shape index (κ3) is 11.4. The Bertz CT molecular complexity index is 3120. The van der Waals surface area contributed by atoms with Crippen LogP contribution in [0.1, 0.15) is 95.0 Å². The number of carbonyl (C=O) groups is 6. The van der Waals surface area contributed by atoms with Gasteiger partial charge in [-0.2, -0.15) is 0 Å². The molecule has 9 rings (SSSR count). The van der Waals surface area contributed by atoms with Gasteiger partial charge in [0.15, 0.2) is 11.4 Å². The number of rotatable bonds is 23. The van der Waals surface area contributed by atoms with E-state index in [4.69, 9.17) is 14.2 Å². The van der Waals surface area contributed by atoms with Crippen LogP contribution in [-0.2, 0) is 50.7 Å². The van der Waals surface area contributed by atoms with Crippen molar-refractivity contribution < 1.29 is 83.8 Å². The maximum absolute atomic E-state index is 15.5. The van der Waals surface area contributed by atoms with Gasteiger partial charge < -0.3 is 70.3 Å². The molecule has 26 heteroatoms. The number of fused-ring (bicyclic) bond motifs is 6. The largest absolute Gasteiger partial charge is 0.496 e. The number of benzene rings is 2. The van der Waals surface area contributed by atoms with Crippen LogP contribution in [0.2, 0.25) is 0 Å². The summed E-state index contributed by atoms with van der Waals surface area (Å²) in [5, 5.41) is 92.4. The number of methoxy groups -OCH3 is 2. The van der Waals surface area contributed by atoms with Crippen molar-refractivity contribution >= 4 is 73.8 Å². The Labute approximate surface area is 513 Å². The van der Waals surface area contributed by atoms with E-state index in [2.05, 4.69) is 31.0 Å². The standard InChI is InChI=1S/C61H85N7O17S2/c1-8-33(4)49(74)63-45(47(73)46(72)43(71)30-69)42(70)24-35(50(75)76)31-87-86-23-22-85-56(80)65-64-54(78)61(82)52-59(18-21-68-19-13-17-58(10-3,51(59)68)53(61)77)38-25-39(44(83-6)26-41(38)66(52)5)60(55(79)84-7)28-34-27-57(81,9-2)32-67(29-34)20-16-37-36-14-11-12-15-40(36)62-48(37)60/h11-15,17,25-26,33-35,43,45-47,51-53,62,69,71-73,77,81-82H,8-10,16,18-24,27-32H2,1-7H3,(H,63,74)(H,64,78)(H,65,80)(H,75,76)/t33-,34-,35+,43-,45-,46-,47-,51+,52-,53-,57+,58-,59-,60+,61+/m1/s1. The third-order valence-corrected chi connectivity index (χ3v) is 22.5. The van der Waals surface area contributed by atoms with Crippen LogP contribution in [-0.4, -0.2) is 224 Å². The number of likely N-dealkylation sites (N-methyl/N-ethyl adjacent to an activating group) is 1. The number of para-hydroxylation sites is 1. The molecule has 5 aliphatic heterocycles. The second-order valence-corrected chi connectivity index (χ2v) is 27.3. The normalized spacial score (nSPS) is 31.0. The molecule has 2 saturated heterocycles. The molecule has 1 aliphatic carbocycles. The van der Waals surface area contributed by atoms with E-state index in [-0.39, 0.29) is 36.9 Å². The third-order valence-electron chi connectivity index (χ3n) is 20.0. The Morgan fingerprint density at radius 1 is 0.931 bits per heavy atom. The topological polar surface area (TPSA) is 354 Å². The van der Waals surface area contributed by atoms with E-state index in [0.29, 0.717) is 87.5 Å². The number of nitrogens with one attached hydrogen (secondary N) is 4. The average molecular weight is 1250 g/mol. The van der Waals surface area contributed by atoms with Gasteiger partial charge >= 0.3 is 18.0 Å². The monoisotopic (exact) mass is 1250 g/mol. The number of ether oxygens (including phenoxy) is 3. The molecule has 87 heavy (non-hydrogen) atoms. The lowest BCUT2D eigenvalue weighted by molar-refractivity contribution is -0.204. The van der Waals surface area contributed by atoms with Crippen LogP contribution < -0.4 is 25.8 Å². The number of esters is 1. The van der Waals surface area contributed by atoms with E-state index in [9.17, 15) is 60.0 Å². The summed E-state index contributed by atoms with van der Waals surface area (Å²) >= 11 is 0. The first-order valence-electron chi connectivity index (χ1n) is 30.0. The van der Waals surface area contributed by atoms with E-state index in [1.165, 1.54) is 14.2 Å². The van der Waals surface area contributed by atoms with Crippen molar-refractivity contribution in [1.82, 2.24) is 31.0 Å². The number of Topliss-reactive ketones (excluding diaryl/α,β-unsaturated/α-hetero) is 1. The van der Waals surface area contributed by atoms with Crippen molar-refractivity contribution in [2.24, 2.45) is 23.2 Å². The fourth-order valence-electron chi connectivity index (χ4n) is 15.6. The average Bonchev–Trinajstić information content (AvgIpc) is 1.52. The number of piperidine rings is 1. The molecule has 2 bridgehead atoms. The van der Waals surface area contributed by atoms with Gasteiger partial charge in [0.05, 0.1) is 38.4 Å². The molecular formula is C61H85N7O17S2. The molecule has 478 valence electrons. The number of carboxylic acid groups (broad SMARTS) is 1. The van der Waals surface area contributed by atoms with Crippen LogP contribution in [0.25, 0.3) is 10.9 Å². The van der Waals surface area contributed by atoms with Crippen LogP contribution in [0.5, 0.6) is 5.75 Å². The summed E-state index contributed by atoms with van der Waals surface area (Å²) in [6.07, 6.45) is -2.89. The van der Waals surface area contributed by atoms with Crippen molar-refractivity contribution in [2.45, 2.75) is 144 Å². The first-order chi connectivity index (χ1) is 41.4. The van der Waals surface area contributed by atoms with Gasteiger partial charge in [-0.1, -0.05) is 79.6 Å². The highest BCUT2D eigenvalue weighted by Crippen LogP contribution is 2.67. The Balaban J connectivity index is 0.968. The lowest BCUT2D eigenvalue weighted by Crippen LogP contribution is -2.82. The van der Waals surface area contributed by atoms with Gasteiger partial charge in [-0.3, -0.25) is 39.2 Å². The van der Waals surface area contributed by atoms with Crippen LogP contribution in [0.15, 0.2) is 48.6 Å². The fourth-order valence-corrected chi connectivity index (χ4v) is 17.7. The van der Waals surface area contributed by atoms with E-state index < -0.39 is 130 Å². The van der Waals surface area contributed by atoms with Gasteiger partial charge in [0.25, 0.3) is 5.91 Å². The summed E-state index contributed by atoms with van der Waals surface area (Å²) in [6.45, 7) is 8.74. The number of nitrogens with zero attached hydrogens (tertiary/aromatic N) is 3. The Morgan fingerprint density at radius 2 is 1.68 bits per heavy atom. The Morgan fingerprint density at radius 3 is 2.36 bits per heavy atom. The number of aliphatic carboxylic acids is 1. The molecule has 16 atom stereocenters. The number of anilines is 1. The van der Waals surface area contributed by atoms with Gasteiger partial charge in [0.2, 0.25) is 5.91 Å². The second kappa shape index (κ2) is 26.1. The number of aromatic nitrogens is 1. The minimum absolute atomic E-state index is 0.0910. The van der Waals surface area contributed by atoms with E-state index in [0.717, 1.165) is 43.6 Å². The fraction of sp³-hybridized carbons (Fsp3) is 0.639. The highest BCUT2D eigenvalue weighted by Gasteiger charge is 2.79. The maximum atomic E-state index is 15.5. The zero-order chi connectivity index (χ0) is 63.1. The summed E-state index contributed by atoms with van der Waals surface area (Å²) in [5.41, 5.74) is 1.33. The van der Waals surface area contributed by atoms with Gasteiger partial charge in [-0.25, -0.2) is 10.2 Å². The number of carboxylic acids is 1. The van der Waals surface area contributed by atoms with Gasteiger partial charge in [-0.05, 0) is 80.7 Å². The lowest BCUT2D eigenvalue weighted by atomic mass is 9.47. The predicted molar refractivity (Wildman–Crippen MR) is 324 cm³/mol. The molecule has 6 aliphatic rings. The molecule has 0 radical (unpaired) electrons. The number of H-pyrrole nitrogens is 1. The second-order valence-electron chi connectivity index (χ2n) is 24.7. The number of aliphatic hydroxyl groups excluding tert-OH is 5. The number of hydrogen-bond donors (Lipinski definition) is 12. The number of hydrazine groups is 1. The molecule has 3 aromatic rings. The molecule has 2 aromatic carbocycles. The molecule has 24 nitrogen and oxygen atoms in total. The van der Waals surface area contributed by atoms with Gasteiger partial charge in [-0.15, -0.1) is 0 Å². The number of amides is 3. The van der Waals surface area contributed by atoms with Gasteiger partial charge in [0, 0.05) is 108 Å². The molecule has 6 heterocycles. The van der Waals surface area contributed by atoms with Crippen LogP contribution in [0, 0.1) is 23.2 Å². The highest BCUT2D eigenvalue weighted by molar-refractivity contribution is 8.76. The quantitative estimate of drug-likeness (QED) is 0.0211. The first-order valence-corrected chi connectivity index (χ1v) is 32.5. The first kappa shape index (κ1) is 65.9. The summed E-state index contributed by atoms with van der Waals surface area (Å²) < 4.78 is 17.7. The van der Waals surface area contributed by atoms with Crippen molar-refractivity contribution in [3.8, 4) is 5.75 Å². The van der Waals surface area contributed by atoms with Crippen LogP contribution in [0.3, 0.4) is 0 Å². The molecule has 12 N–H and O–H groups in total. The Kier molecular flexibility index (Phi) is 19.8. The van der Waals surface area contributed by atoms with Crippen molar-refractivity contribution in [2.75, 3.05) is 83.6 Å². The SMILES string of the molecule is CC[C@@H](C)C(=O)N[C@H](C(=O)C[C@@H](CSSCCOC(=O)NNC(=O)[C@@]1(O)[C@H](O)[C@]2(CC)C=CCN3CC[C@@]4(c5cc([C@@]6(C(=O)OC)C[C@@H]7CN(CCc8c6[nH]c6ccccc86)C[C@](O)(CC)C7)c(OC)cc5N(C)[C@@H]14)[C@@H]32)C(=O)O)[C@@H](O)[C@H](O)[C@H](O)CO. The highest BCUT2D eigenvalue weighted by atomic mass is 33.1. The number of aliphatic hydroxyl groups is 7. The molecular weight excluding hydrogens is 1170 g/mol. The number of carbonyl (C=O) groups excluding carboxylic acids is 5. The molecule has 1 spiro atoms. The van der Waals surface area contributed by atoms with E-state index in [1.807, 2.05) is 62.4 Å². The molecule has 1 unspecified atom stereocenters. The van der Waals surface area contributed by atoms with Crippen molar-refractivity contribution in [3.05, 3.63) is 70.9 Å². The zero-order valence-electron chi connectivity index (χ0n) is 50.3. The summed E-state index contributed by atoms with van der Waals surface area (Å²) in [5.74, 6) is -6.49. The van der Waals surface area contributed by atoms with Gasteiger partial charge in [0.1, 0.15) is 48.2 Å². The van der Waals surface area contributed by atoms with Crippen LogP contribution in [0.4, 0.5) is 10.5 Å². The molecule has 1 saturated carbocycles. The van der Waals surface area contributed by atoms with E-state index >= 15 is 9.59 Å².